The van der Waals surface area contributed by atoms with E-state index in [1.54, 1.807) is 7.05 Å². The highest BCUT2D eigenvalue weighted by atomic mass is 32.2. The second-order valence-electron chi connectivity index (χ2n) is 7.58. The number of ether oxygens (including phenoxy) is 1. The fraction of sp³-hybridized carbons (Fsp3) is 0.667. The first-order chi connectivity index (χ1) is 13.0. The van der Waals surface area contributed by atoms with Gasteiger partial charge in [0.15, 0.2) is 5.96 Å². The van der Waals surface area contributed by atoms with Crippen molar-refractivity contribution in [3.63, 3.8) is 0 Å². The fourth-order valence-corrected chi connectivity index (χ4v) is 4.68. The van der Waals surface area contributed by atoms with Gasteiger partial charge in [0, 0.05) is 41.4 Å². The van der Waals surface area contributed by atoms with Crippen molar-refractivity contribution in [1.29, 1.82) is 0 Å². The Kier molecular flexibility index (Phi) is 9.11. The zero-order valence-electron chi connectivity index (χ0n) is 17.2. The number of rotatable bonds is 8. The molecule has 1 aromatic rings. The summed E-state index contributed by atoms with van der Waals surface area (Å²) in [5.74, 6) is 2.97. The van der Waals surface area contributed by atoms with Crippen LogP contribution in [0.4, 0.5) is 0 Å². The van der Waals surface area contributed by atoms with Gasteiger partial charge in [0.2, 0.25) is 0 Å². The van der Waals surface area contributed by atoms with Crippen molar-refractivity contribution in [3.8, 4) is 5.75 Å². The Morgan fingerprint density at radius 2 is 2.19 bits per heavy atom. The number of hydrogen-bond donors (Lipinski definition) is 2. The molecule has 2 rings (SSSR count). The van der Waals surface area contributed by atoms with Crippen molar-refractivity contribution in [2.75, 3.05) is 19.4 Å². The van der Waals surface area contributed by atoms with Crippen molar-refractivity contribution < 1.29 is 8.95 Å². The molecule has 0 radical (unpaired) electrons. The molecule has 3 unspecified atom stereocenters. The Labute approximate surface area is 166 Å². The normalized spacial score (nSPS) is 21.7. The fourth-order valence-electron chi connectivity index (χ4n) is 3.33. The quantitative estimate of drug-likeness (QED) is 0.524. The van der Waals surface area contributed by atoms with Crippen molar-refractivity contribution in [2.24, 2.45) is 10.9 Å². The summed E-state index contributed by atoms with van der Waals surface area (Å²) >= 11 is 0. The number of aliphatic imine (C=N–C) groups is 1. The molecule has 1 aromatic carbocycles. The third-order valence-electron chi connectivity index (χ3n) is 4.79. The zero-order chi connectivity index (χ0) is 19.6. The van der Waals surface area contributed by atoms with E-state index in [2.05, 4.69) is 41.6 Å². The lowest BCUT2D eigenvalue weighted by molar-refractivity contribution is 0.271. The van der Waals surface area contributed by atoms with Gasteiger partial charge in [-0.2, -0.15) is 0 Å². The Balaban J connectivity index is 1.85. The lowest BCUT2D eigenvalue weighted by Gasteiger charge is -2.30. The predicted octanol–water partition coefficient (Wildman–Crippen LogP) is 3.47. The molecule has 27 heavy (non-hydrogen) atoms. The number of guanidine groups is 1. The van der Waals surface area contributed by atoms with Crippen LogP contribution in [0, 0.1) is 5.92 Å². The van der Waals surface area contributed by atoms with Crippen LogP contribution >= 0.6 is 0 Å². The highest BCUT2D eigenvalue weighted by molar-refractivity contribution is 7.85. The molecule has 0 aromatic heterocycles. The lowest BCUT2D eigenvalue weighted by atomic mass is 9.95. The molecule has 6 heteroatoms. The average Bonchev–Trinajstić information content (AvgIpc) is 2.69. The number of nitrogens with zero attached hydrogens (tertiary/aromatic N) is 1. The standard InChI is InChI=1S/C21H35N3O2S/c1-5-27(25)20-11-7-9-18(13-20)24-21(22-4)23-14-17-8-6-10-19(12-17)26-15-16(2)3/h6,8,10,12,16,18,20H,5,7,9,11,13-15H2,1-4H3,(H2,22,23,24). The lowest BCUT2D eigenvalue weighted by Crippen LogP contribution is -2.46. The second kappa shape index (κ2) is 11.3. The van der Waals surface area contributed by atoms with E-state index in [4.69, 9.17) is 4.74 Å². The molecule has 3 atom stereocenters. The average molecular weight is 394 g/mol. The van der Waals surface area contributed by atoms with E-state index in [1.807, 2.05) is 19.1 Å². The van der Waals surface area contributed by atoms with Crippen LogP contribution < -0.4 is 15.4 Å². The van der Waals surface area contributed by atoms with Gasteiger partial charge in [-0.05, 0) is 42.9 Å². The van der Waals surface area contributed by atoms with Crippen molar-refractivity contribution in [3.05, 3.63) is 29.8 Å². The maximum absolute atomic E-state index is 12.1. The van der Waals surface area contributed by atoms with E-state index in [-0.39, 0.29) is 0 Å². The Bertz CT molecular complexity index is 634. The smallest absolute Gasteiger partial charge is 0.191 e. The van der Waals surface area contributed by atoms with Crippen LogP contribution in [0.15, 0.2) is 29.3 Å². The van der Waals surface area contributed by atoms with Gasteiger partial charge in [-0.25, -0.2) is 0 Å². The zero-order valence-corrected chi connectivity index (χ0v) is 18.0. The van der Waals surface area contributed by atoms with Crippen LogP contribution in [-0.2, 0) is 17.3 Å². The third kappa shape index (κ3) is 7.53. The summed E-state index contributed by atoms with van der Waals surface area (Å²) in [6, 6.07) is 8.52. The molecule has 0 amide bonds. The van der Waals surface area contributed by atoms with Gasteiger partial charge in [-0.3, -0.25) is 9.20 Å². The summed E-state index contributed by atoms with van der Waals surface area (Å²) in [6.07, 6.45) is 4.27. The van der Waals surface area contributed by atoms with Gasteiger partial charge in [0.1, 0.15) is 5.75 Å². The second-order valence-corrected chi connectivity index (χ2v) is 9.58. The summed E-state index contributed by atoms with van der Waals surface area (Å²) in [5, 5.41) is 7.22. The van der Waals surface area contributed by atoms with Crippen LogP contribution in [0.25, 0.3) is 0 Å². The maximum Gasteiger partial charge on any atom is 0.191 e. The maximum atomic E-state index is 12.1. The first-order valence-corrected chi connectivity index (χ1v) is 11.5. The number of nitrogens with one attached hydrogen (secondary N) is 2. The molecule has 1 aliphatic carbocycles. The largest absolute Gasteiger partial charge is 0.493 e. The molecular formula is C21H35N3O2S. The molecule has 0 bridgehead atoms. The molecule has 0 aliphatic heterocycles. The van der Waals surface area contributed by atoms with Crippen LogP contribution in [0.5, 0.6) is 5.75 Å². The van der Waals surface area contributed by atoms with Crippen LogP contribution in [-0.4, -0.2) is 40.9 Å². The molecule has 0 heterocycles. The highest BCUT2D eigenvalue weighted by Crippen LogP contribution is 2.23. The van der Waals surface area contributed by atoms with E-state index in [0.29, 0.717) is 23.8 Å². The molecule has 152 valence electrons. The summed E-state index contributed by atoms with van der Waals surface area (Å²) in [6.45, 7) is 7.71. The minimum atomic E-state index is -0.707. The Hall–Kier alpha value is -1.56. The van der Waals surface area contributed by atoms with E-state index in [9.17, 15) is 4.21 Å². The first-order valence-electron chi connectivity index (χ1n) is 10.1. The Morgan fingerprint density at radius 1 is 1.37 bits per heavy atom. The van der Waals surface area contributed by atoms with Crippen LogP contribution in [0.3, 0.4) is 0 Å². The van der Waals surface area contributed by atoms with E-state index in [1.165, 1.54) is 0 Å². The molecule has 1 saturated carbocycles. The van der Waals surface area contributed by atoms with Gasteiger partial charge < -0.3 is 15.4 Å². The van der Waals surface area contributed by atoms with Crippen molar-refractivity contribution in [1.82, 2.24) is 10.6 Å². The van der Waals surface area contributed by atoms with Gasteiger partial charge in [0.05, 0.1) is 6.61 Å². The van der Waals surface area contributed by atoms with Gasteiger partial charge >= 0.3 is 0 Å². The number of hydrogen-bond acceptors (Lipinski definition) is 3. The third-order valence-corrected chi connectivity index (χ3v) is 6.53. The molecule has 1 fully saturated rings. The first kappa shape index (κ1) is 21.7. The Morgan fingerprint density at radius 3 is 2.89 bits per heavy atom. The molecule has 1 aliphatic rings. The summed E-state index contributed by atoms with van der Waals surface area (Å²) in [4.78, 5) is 4.36. The molecule has 0 saturated heterocycles. The topological polar surface area (TPSA) is 62.7 Å². The van der Waals surface area contributed by atoms with E-state index in [0.717, 1.165) is 55.3 Å². The summed E-state index contributed by atoms with van der Waals surface area (Å²) < 4.78 is 17.9. The van der Waals surface area contributed by atoms with Gasteiger partial charge in [0.25, 0.3) is 0 Å². The van der Waals surface area contributed by atoms with Crippen molar-refractivity contribution >= 4 is 16.8 Å². The summed E-state index contributed by atoms with van der Waals surface area (Å²) in [7, 11) is 1.09. The van der Waals surface area contributed by atoms with Gasteiger partial charge in [-0.15, -0.1) is 0 Å². The van der Waals surface area contributed by atoms with Crippen LogP contribution in [0.2, 0.25) is 0 Å². The SMILES string of the molecule is CCS(=O)C1CCCC(NC(=NC)NCc2cccc(OCC(C)C)c2)C1. The van der Waals surface area contributed by atoms with Crippen molar-refractivity contribution in [2.45, 2.75) is 64.3 Å². The molecule has 5 nitrogen and oxygen atoms in total. The summed E-state index contributed by atoms with van der Waals surface area (Å²) in [5.41, 5.74) is 1.16. The predicted molar refractivity (Wildman–Crippen MR) is 115 cm³/mol. The monoisotopic (exact) mass is 393 g/mol. The molecular weight excluding hydrogens is 358 g/mol. The van der Waals surface area contributed by atoms with E-state index >= 15 is 0 Å². The minimum Gasteiger partial charge on any atom is -0.493 e. The highest BCUT2D eigenvalue weighted by Gasteiger charge is 2.25. The van der Waals surface area contributed by atoms with E-state index < -0.39 is 10.8 Å². The minimum absolute atomic E-state index is 0.314. The van der Waals surface area contributed by atoms with Gasteiger partial charge in [-0.1, -0.05) is 39.3 Å². The molecule has 0 spiro atoms. The van der Waals surface area contributed by atoms with Crippen LogP contribution in [0.1, 0.15) is 52.0 Å². The molecule has 2 N–H and O–H groups in total. The number of benzene rings is 1.